The van der Waals surface area contributed by atoms with E-state index in [1.165, 1.54) is 12.1 Å². The first-order chi connectivity index (χ1) is 16.6. The number of nitrogens with two attached hydrogens (primary N) is 1. The first-order valence-electron chi connectivity index (χ1n) is 11.4. The number of hydrogen-bond donors (Lipinski definition) is 2. The highest BCUT2D eigenvalue weighted by atomic mass is 19.3. The molecule has 0 bridgehead atoms. The van der Waals surface area contributed by atoms with Crippen molar-refractivity contribution >= 4 is 17.6 Å². The second kappa shape index (κ2) is 9.37. The standard InChI is InChI=1S/C24H26F3N3O5/c1-2-13-10-17(22(32)33)21(31)30(24(25,26)23(34)35-27)20(13)14-6-8-16(9-7-14)29-11-15-4-3-5-19(28)18(15)12-29/h6-10,15,18-19H,2-5,11-12,28H2,1H3,(H,32,33)/t15-,18+,19-/m1/s1. The van der Waals surface area contributed by atoms with E-state index in [2.05, 4.69) is 9.84 Å². The smallest absolute Gasteiger partial charge is 0.440 e. The van der Waals surface area contributed by atoms with E-state index in [-0.39, 0.29) is 33.9 Å². The molecule has 1 aliphatic heterocycles. The monoisotopic (exact) mass is 493 g/mol. The van der Waals surface area contributed by atoms with Crippen molar-refractivity contribution < 1.29 is 32.9 Å². The normalized spacial score (nSPS) is 22.1. The van der Waals surface area contributed by atoms with Gasteiger partial charge in [-0.3, -0.25) is 4.79 Å². The summed E-state index contributed by atoms with van der Waals surface area (Å²) in [4.78, 5) is 40.7. The molecule has 4 rings (SSSR count). The molecule has 2 aromatic rings. The Labute approximate surface area is 199 Å². The maximum Gasteiger partial charge on any atom is 0.440 e. The van der Waals surface area contributed by atoms with Crippen LogP contribution >= 0.6 is 0 Å². The molecule has 11 heteroatoms. The number of nitrogens with zero attached hydrogens (tertiary/aromatic N) is 2. The highest BCUT2D eigenvalue weighted by Gasteiger charge is 2.48. The number of halogens is 3. The van der Waals surface area contributed by atoms with Crippen LogP contribution in [0.2, 0.25) is 0 Å². The van der Waals surface area contributed by atoms with Crippen molar-refractivity contribution in [2.45, 2.75) is 44.7 Å². The van der Waals surface area contributed by atoms with Crippen LogP contribution < -0.4 is 16.2 Å². The Kier molecular flexibility index (Phi) is 6.63. The van der Waals surface area contributed by atoms with Gasteiger partial charge >= 0.3 is 18.0 Å². The number of benzene rings is 1. The first-order valence-corrected chi connectivity index (χ1v) is 11.4. The van der Waals surface area contributed by atoms with Gasteiger partial charge in [0.2, 0.25) is 0 Å². The first kappa shape index (κ1) is 24.8. The van der Waals surface area contributed by atoms with Crippen molar-refractivity contribution in [3.63, 3.8) is 0 Å². The number of alkyl halides is 2. The molecule has 2 fully saturated rings. The maximum atomic E-state index is 14.9. The predicted octanol–water partition coefficient (Wildman–Crippen LogP) is 3.32. The molecule has 8 nitrogen and oxygen atoms in total. The van der Waals surface area contributed by atoms with Crippen LogP contribution in [0.25, 0.3) is 11.3 Å². The Morgan fingerprint density at radius 2 is 1.89 bits per heavy atom. The van der Waals surface area contributed by atoms with Crippen LogP contribution in [0, 0.1) is 11.8 Å². The van der Waals surface area contributed by atoms with Gasteiger partial charge in [-0.15, -0.1) is 0 Å². The number of rotatable bonds is 6. The van der Waals surface area contributed by atoms with Gasteiger partial charge in [-0.25, -0.2) is 19.1 Å². The third kappa shape index (κ3) is 4.29. The second-order valence-electron chi connectivity index (χ2n) is 9.11. The van der Waals surface area contributed by atoms with Gasteiger partial charge in [-0.2, -0.15) is 8.78 Å². The van der Waals surface area contributed by atoms with E-state index in [9.17, 15) is 32.8 Å². The summed E-state index contributed by atoms with van der Waals surface area (Å²) in [6.07, 6.45) is 3.25. The molecule has 3 N–H and O–H groups in total. The van der Waals surface area contributed by atoms with E-state index in [1.807, 2.05) is 0 Å². The minimum absolute atomic E-state index is 0.0613. The molecular formula is C24H26F3N3O5. The minimum Gasteiger partial charge on any atom is -0.477 e. The summed E-state index contributed by atoms with van der Waals surface area (Å²) in [5, 5.41) is 9.33. The molecule has 1 saturated carbocycles. The van der Waals surface area contributed by atoms with Crippen LogP contribution in [-0.2, 0) is 22.2 Å². The van der Waals surface area contributed by atoms with Crippen LogP contribution in [0.4, 0.5) is 19.0 Å². The van der Waals surface area contributed by atoms with Gasteiger partial charge in [0.15, 0.2) is 0 Å². The van der Waals surface area contributed by atoms with E-state index in [0.29, 0.717) is 11.8 Å². The molecule has 2 aliphatic rings. The zero-order valence-corrected chi connectivity index (χ0v) is 19.0. The minimum atomic E-state index is -4.78. The van der Waals surface area contributed by atoms with Gasteiger partial charge in [0.25, 0.3) is 5.56 Å². The quantitative estimate of drug-likeness (QED) is 0.635. The summed E-state index contributed by atoms with van der Waals surface area (Å²) in [5.74, 6) is -3.50. The number of carbonyl (C=O) groups excluding carboxylic acids is 1. The lowest BCUT2D eigenvalue weighted by molar-refractivity contribution is -0.226. The van der Waals surface area contributed by atoms with Crippen molar-refractivity contribution in [3.8, 4) is 11.3 Å². The van der Waals surface area contributed by atoms with Crippen LogP contribution in [0.5, 0.6) is 0 Å². The maximum absolute atomic E-state index is 14.9. The van der Waals surface area contributed by atoms with Crippen molar-refractivity contribution in [2.75, 3.05) is 18.0 Å². The number of carboxylic acids is 1. The number of aryl methyl sites for hydroxylation is 1. The zero-order valence-electron chi connectivity index (χ0n) is 19.0. The number of aromatic carboxylic acids is 1. The SMILES string of the molecule is CCc1cc(C(=O)O)c(=O)n(C(F)(F)C(=O)OF)c1-c1ccc(N2C[C@H]3CCC[C@@H](N)[C@H]3C2)cc1. The highest BCUT2D eigenvalue weighted by Crippen LogP contribution is 2.38. The lowest BCUT2D eigenvalue weighted by Gasteiger charge is -2.29. The van der Waals surface area contributed by atoms with Gasteiger partial charge in [0, 0.05) is 29.3 Å². The summed E-state index contributed by atoms with van der Waals surface area (Å²) in [6, 6.07) is 2.80. The molecule has 3 atom stereocenters. The number of aromatic nitrogens is 1. The topological polar surface area (TPSA) is 115 Å². The van der Waals surface area contributed by atoms with Crippen LogP contribution in [-0.4, -0.2) is 40.7 Å². The van der Waals surface area contributed by atoms with Crippen molar-refractivity contribution in [2.24, 2.45) is 17.6 Å². The van der Waals surface area contributed by atoms with Crippen LogP contribution in [0.15, 0.2) is 35.1 Å². The molecule has 0 radical (unpaired) electrons. The molecule has 0 spiro atoms. The molecule has 1 aromatic carbocycles. The fraction of sp³-hybridized carbons (Fsp3) is 0.458. The molecule has 0 amide bonds. The molecular weight excluding hydrogens is 467 g/mol. The Hall–Kier alpha value is -3.34. The Bertz CT molecular complexity index is 1200. The number of carbonyl (C=O) groups is 2. The number of carboxylic acid groups (broad SMARTS) is 1. The van der Waals surface area contributed by atoms with Crippen LogP contribution in [0.1, 0.15) is 42.1 Å². The van der Waals surface area contributed by atoms with Gasteiger partial charge in [-0.1, -0.05) is 25.5 Å². The van der Waals surface area contributed by atoms with E-state index in [1.54, 1.807) is 19.1 Å². The van der Waals surface area contributed by atoms with E-state index in [0.717, 1.165) is 44.1 Å². The van der Waals surface area contributed by atoms with E-state index >= 15 is 0 Å². The number of anilines is 1. The predicted molar refractivity (Wildman–Crippen MR) is 121 cm³/mol. The van der Waals surface area contributed by atoms with E-state index in [4.69, 9.17) is 5.73 Å². The summed E-state index contributed by atoms with van der Waals surface area (Å²) in [6.45, 7) is 3.19. The van der Waals surface area contributed by atoms with Crippen molar-refractivity contribution in [1.29, 1.82) is 0 Å². The third-order valence-corrected chi connectivity index (χ3v) is 7.15. The second-order valence-corrected chi connectivity index (χ2v) is 9.11. The number of pyridine rings is 1. The van der Waals surface area contributed by atoms with Gasteiger partial charge in [0.05, 0.1) is 5.69 Å². The van der Waals surface area contributed by atoms with Gasteiger partial charge in [0.1, 0.15) is 5.56 Å². The fourth-order valence-electron chi connectivity index (χ4n) is 5.37. The average Bonchev–Trinajstić information content (AvgIpc) is 3.28. The van der Waals surface area contributed by atoms with Crippen molar-refractivity contribution in [3.05, 3.63) is 51.8 Å². The molecule has 1 aliphatic carbocycles. The van der Waals surface area contributed by atoms with Crippen molar-refractivity contribution in [1.82, 2.24) is 4.57 Å². The number of fused-ring (bicyclic) bond motifs is 1. The van der Waals surface area contributed by atoms with Crippen LogP contribution in [0.3, 0.4) is 0 Å². The summed E-state index contributed by atoms with van der Waals surface area (Å²) in [5.41, 5.74) is 4.34. The third-order valence-electron chi connectivity index (χ3n) is 7.15. The molecule has 188 valence electrons. The summed E-state index contributed by atoms with van der Waals surface area (Å²) in [7, 11) is 0. The Morgan fingerprint density at radius 1 is 1.20 bits per heavy atom. The Morgan fingerprint density at radius 3 is 2.46 bits per heavy atom. The highest BCUT2D eigenvalue weighted by molar-refractivity contribution is 5.89. The summed E-state index contributed by atoms with van der Waals surface area (Å²) < 4.78 is 42.0. The lowest BCUT2D eigenvalue weighted by atomic mass is 9.78. The molecule has 0 unspecified atom stereocenters. The lowest BCUT2D eigenvalue weighted by Crippen LogP contribution is -2.44. The number of hydrogen-bond acceptors (Lipinski definition) is 6. The van der Waals surface area contributed by atoms with Gasteiger partial charge in [-0.05, 0) is 60.4 Å². The van der Waals surface area contributed by atoms with E-state index < -0.39 is 29.1 Å². The Balaban J connectivity index is 1.79. The summed E-state index contributed by atoms with van der Waals surface area (Å²) >= 11 is 0. The van der Waals surface area contributed by atoms with Gasteiger partial charge < -0.3 is 15.7 Å². The molecule has 2 heterocycles. The molecule has 35 heavy (non-hydrogen) atoms. The molecule has 1 saturated heterocycles. The fourth-order valence-corrected chi connectivity index (χ4v) is 5.37. The average molecular weight is 493 g/mol. The zero-order chi connectivity index (χ0) is 25.5. The molecule has 1 aromatic heterocycles. The largest absolute Gasteiger partial charge is 0.477 e.